The first kappa shape index (κ1) is 15.0. The lowest BCUT2D eigenvalue weighted by Crippen LogP contribution is -2.29. The van der Waals surface area contributed by atoms with E-state index in [0.717, 1.165) is 25.0 Å². The number of thiophene rings is 1. The van der Waals surface area contributed by atoms with E-state index in [1.165, 1.54) is 37.8 Å². The molecule has 0 aromatic carbocycles. The highest BCUT2D eigenvalue weighted by molar-refractivity contribution is 7.07. The summed E-state index contributed by atoms with van der Waals surface area (Å²) in [6.07, 6.45) is 5.31. The van der Waals surface area contributed by atoms with Gasteiger partial charge in [0, 0.05) is 12.6 Å². The van der Waals surface area contributed by atoms with Crippen LogP contribution in [0.15, 0.2) is 16.8 Å². The lowest BCUT2D eigenvalue weighted by molar-refractivity contribution is 0.227. The van der Waals surface area contributed by atoms with Crippen molar-refractivity contribution in [2.75, 3.05) is 13.1 Å². The Labute approximate surface area is 122 Å². The Kier molecular flexibility index (Phi) is 5.86. The summed E-state index contributed by atoms with van der Waals surface area (Å²) in [5.41, 5.74) is 7.40. The highest BCUT2D eigenvalue weighted by Crippen LogP contribution is 2.29. The minimum Gasteiger partial charge on any atom is -0.330 e. The van der Waals surface area contributed by atoms with Gasteiger partial charge in [-0.3, -0.25) is 4.90 Å². The molecule has 2 rings (SSSR count). The predicted molar refractivity (Wildman–Crippen MR) is 84.4 cm³/mol. The molecule has 1 aliphatic rings. The lowest BCUT2D eigenvalue weighted by Gasteiger charge is -2.25. The second kappa shape index (κ2) is 7.41. The van der Waals surface area contributed by atoms with Crippen molar-refractivity contribution in [1.29, 1.82) is 0 Å². The van der Waals surface area contributed by atoms with Gasteiger partial charge in [0.25, 0.3) is 0 Å². The molecule has 2 N–H and O–H groups in total. The molecule has 0 bridgehead atoms. The predicted octanol–water partition coefficient (Wildman–Crippen LogP) is 3.72. The van der Waals surface area contributed by atoms with Crippen molar-refractivity contribution in [1.82, 2.24) is 4.90 Å². The largest absolute Gasteiger partial charge is 0.330 e. The van der Waals surface area contributed by atoms with Gasteiger partial charge >= 0.3 is 0 Å². The van der Waals surface area contributed by atoms with Gasteiger partial charge in [0.2, 0.25) is 0 Å². The van der Waals surface area contributed by atoms with Crippen LogP contribution >= 0.6 is 11.3 Å². The fraction of sp³-hybridized carbons (Fsp3) is 0.750. The monoisotopic (exact) mass is 280 g/mol. The van der Waals surface area contributed by atoms with Crippen LogP contribution in [-0.2, 0) is 6.54 Å². The molecule has 1 aromatic rings. The van der Waals surface area contributed by atoms with Crippen LogP contribution in [0.1, 0.15) is 45.1 Å². The van der Waals surface area contributed by atoms with Gasteiger partial charge in [-0.15, -0.1) is 0 Å². The SMILES string of the molecule is CC(C)CC(CN)CCN(Cc1ccsc1)C1CC1. The summed E-state index contributed by atoms with van der Waals surface area (Å²) in [4.78, 5) is 2.67. The summed E-state index contributed by atoms with van der Waals surface area (Å²) in [5.74, 6) is 1.46. The number of hydrogen-bond donors (Lipinski definition) is 1. The van der Waals surface area contributed by atoms with E-state index in [1.54, 1.807) is 11.3 Å². The number of rotatable bonds is 9. The van der Waals surface area contributed by atoms with Crippen LogP contribution in [0.2, 0.25) is 0 Å². The quantitative estimate of drug-likeness (QED) is 0.747. The molecule has 108 valence electrons. The van der Waals surface area contributed by atoms with Crippen LogP contribution in [0.5, 0.6) is 0 Å². The molecule has 1 aliphatic carbocycles. The van der Waals surface area contributed by atoms with E-state index in [4.69, 9.17) is 5.73 Å². The molecule has 1 unspecified atom stereocenters. The van der Waals surface area contributed by atoms with Gasteiger partial charge in [-0.1, -0.05) is 13.8 Å². The van der Waals surface area contributed by atoms with E-state index >= 15 is 0 Å². The van der Waals surface area contributed by atoms with Crippen molar-refractivity contribution in [3.05, 3.63) is 22.4 Å². The van der Waals surface area contributed by atoms with Crippen LogP contribution in [0.3, 0.4) is 0 Å². The first-order chi connectivity index (χ1) is 9.19. The van der Waals surface area contributed by atoms with Gasteiger partial charge in [-0.05, 0) is 73.0 Å². The van der Waals surface area contributed by atoms with Crippen LogP contribution in [0.4, 0.5) is 0 Å². The maximum atomic E-state index is 5.92. The molecule has 2 nitrogen and oxygen atoms in total. The molecule has 0 amide bonds. The van der Waals surface area contributed by atoms with Crippen molar-refractivity contribution in [2.45, 2.75) is 52.1 Å². The fourth-order valence-electron chi connectivity index (χ4n) is 2.79. The average molecular weight is 280 g/mol. The zero-order chi connectivity index (χ0) is 13.7. The van der Waals surface area contributed by atoms with Gasteiger partial charge in [-0.2, -0.15) is 11.3 Å². The third-order valence-electron chi connectivity index (χ3n) is 3.99. The van der Waals surface area contributed by atoms with Gasteiger partial charge in [0.15, 0.2) is 0 Å². The first-order valence-corrected chi connectivity index (χ1v) is 8.58. The topological polar surface area (TPSA) is 29.3 Å². The molecule has 0 saturated heterocycles. The summed E-state index contributed by atoms with van der Waals surface area (Å²) in [7, 11) is 0. The molecule has 0 radical (unpaired) electrons. The van der Waals surface area contributed by atoms with Crippen molar-refractivity contribution in [2.24, 2.45) is 17.6 Å². The molecule has 1 aromatic heterocycles. The highest BCUT2D eigenvalue weighted by Gasteiger charge is 2.29. The Balaban J connectivity index is 1.79. The second-order valence-electron chi connectivity index (χ2n) is 6.35. The van der Waals surface area contributed by atoms with Crippen LogP contribution < -0.4 is 5.73 Å². The molecule has 1 atom stereocenters. The minimum absolute atomic E-state index is 0.698. The summed E-state index contributed by atoms with van der Waals surface area (Å²) in [5, 5.41) is 4.46. The molecule has 0 spiro atoms. The van der Waals surface area contributed by atoms with Crippen molar-refractivity contribution >= 4 is 11.3 Å². The van der Waals surface area contributed by atoms with Crippen molar-refractivity contribution in [3.63, 3.8) is 0 Å². The molecular formula is C16H28N2S. The van der Waals surface area contributed by atoms with Gasteiger partial charge in [0.05, 0.1) is 0 Å². The Hall–Kier alpha value is -0.380. The van der Waals surface area contributed by atoms with E-state index < -0.39 is 0 Å². The molecule has 19 heavy (non-hydrogen) atoms. The van der Waals surface area contributed by atoms with Crippen LogP contribution in [0, 0.1) is 11.8 Å². The third kappa shape index (κ3) is 5.25. The third-order valence-corrected chi connectivity index (χ3v) is 4.72. The number of nitrogens with two attached hydrogens (primary N) is 1. The summed E-state index contributed by atoms with van der Waals surface area (Å²) in [6, 6.07) is 3.10. The maximum absolute atomic E-state index is 5.92. The minimum atomic E-state index is 0.698. The second-order valence-corrected chi connectivity index (χ2v) is 7.13. The van der Waals surface area contributed by atoms with Gasteiger partial charge < -0.3 is 5.73 Å². The standard InChI is InChI=1S/C16H28N2S/c1-13(2)9-14(10-17)5-7-18(16-3-4-16)11-15-6-8-19-12-15/h6,8,12-14,16H,3-5,7,9-11,17H2,1-2H3. The summed E-state index contributed by atoms with van der Waals surface area (Å²) in [6.45, 7) is 7.79. The van der Waals surface area contributed by atoms with Crippen LogP contribution in [0.25, 0.3) is 0 Å². The van der Waals surface area contributed by atoms with E-state index in [0.29, 0.717) is 5.92 Å². The molecule has 1 fully saturated rings. The van der Waals surface area contributed by atoms with Crippen molar-refractivity contribution in [3.8, 4) is 0 Å². The van der Waals surface area contributed by atoms with Crippen LogP contribution in [-0.4, -0.2) is 24.0 Å². The summed E-state index contributed by atoms with van der Waals surface area (Å²) < 4.78 is 0. The van der Waals surface area contributed by atoms with E-state index in [-0.39, 0.29) is 0 Å². The molecule has 1 heterocycles. The Morgan fingerprint density at radius 3 is 2.74 bits per heavy atom. The zero-order valence-corrected chi connectivity index (χ0v) is 13.2. The maximum Gasteiger partial charge on any atom is 0.0244 e. The fourth-order valence-corrected chi connectivity index (χ4v) is 3.45. The normalized spacial score (nSPS) is 17.3. The summed E-state index contributed by atoms with van der Waals surface area (Å²) >= 11 is 1.80. The first-order valence-electron chi connectivity index (χ1n) is 7.64. The Morgan fingerprint density at radius 1 is 1.42 bits per heavy atom. The van der Waals surface area contributed by atoms with E-state index in [9.17, 15) is 0 Å². The number of nitrogens with zero attached hydrogens (tertiary/aromatic N) is 1. The Bertz CT molecular complexity index is 344. The molecule has 1 saturated carbocycles. The molecule has 0 aliphatic heterocycles. The number of hydrogen-bond acceptors (Lipinski definition) is 3. The Morgan fingerprint density at radius 2 is 2.21 bits per heavy atom. The molecular weight excluding hydrogens is 252 g/mol. The average Bonchev–Trinajstić information content (AvgIpc) is 3.10. The lowest BCUT2D eigenvalue weighted by atomic mass is 9.94. The zero-order valence-electron chi connectivity index (χ0n) is 12.3. The van der Waals surface area contributed by atoms with Crippen molar-refractivity contribution < 1.29 is 0 Å². The van der Waals surface area contributed by atoms with E-state index in [1.807, 2.05) is 0 Å². The van der Waals surface area contributed by atoms with E-state index in [2.05, 4.69) is 35.6 Å². The van der Waals surface area contributed by atoms with Gasteiger partial charge in [0.1, 0.15) is 0 Å². The molecule has 3 heteroatoms. The highest BCUT2D eigenvalue weighted by atomic mass is 32.1. The van der Waals surface area contributed by atoms with Gasteiger partial charge in [-0.25, -0.2) is 0 Å². The smallest absolute Gasteiger partial charge is 0.0244 e.